The molecule has 0 aliphatic rings. The van der Waals surface area contributed by atoms with Gasteiger partial charge >= 0.3 is 0 Å². The summed E-state index contributed by atoms with van der Waals surface area (Å²) in [7, 11) is 0. The van der Waals surface area contributed by atoms with E-state index in [1.165, 1.54) is 27.9 Å². The Balaban J connectivity index is 2.33. The van der Waals surface area contributed by atoms with E-state index >= 15 is 0 Å². The van der Waals surface area contributed by atoms with Gasteiger partial charge in [-0.1, -0.05) is 18.2 Å². The summed E-state index contributed by atoms with van der Waals surface area (Å²) in [5, 5.41) is 3.49. The molecule has 0 nitrogen and oxygen atoms in total. The first-order valence-corrected chi connectivity index (χ1v) is 8.24. The predicted molar refractivity (Wildman–Crippen MR) is 85.6 cm³/mol. The van der Waals surface area contributed by atoms with Crippen LogP contribution in [0.1, 0.15) is 0 Å². The van der Waals surface area contributed by atoms with Gasteiger partial charge in [-0.05, 0) is 56.0 Å². The highest BCUT2D eigenvalue weighted by molar-refractivity contribution is 14.1. The Morgan fingerprint density at radius 1 is 1.06 bits per heavy atom. The number of hydrogen-bond donors (Lipinski definition) is 0. The van der Waals surface area contributed by atoms with E-state index in [9.17, 15) is 0 Å². The van der Waals surface area contributed by atoms with Crippen molar-refractivity contribution >= 4 is 71.3 Å². The Morgan fingerprint density at radius 2 is 1.88 bits per heavy atom. The lowest BCUT2D eigenvalue weighted by molar-refractivity contribution is 1.80. The summed E-state index contributed by atoms with van der Waals surface area (Å²) in [4.78, 5) is 2.72. The molecular weight excluding hydrogens is 415 g/mol. The quantitative estimate of drug-likeness (QED) is 0.423. The summed E-state index contributed by atoms with van der Waals surface area (Å²) < 4.78 is 3.92. The van der Waals surface area contributed by atoms with E-state index in [4.69, 9.17) is 0 Å². The third kappa shape index (κ3) is 1.75. The van der Waals surface area contributed by atoms with Crippen LogP contribution >= 0.6 is 61.2 Å². The van der Waals surface area contributed by atoms with Crippen molar-refractivity contribution < 1.29 is 0 Å². The lowest BCUT2D eigenvalue weighted by Crippen LogP contribution is -1.71. The summed E-state index contributed by atoms with van der Waals surface area (Å²) >= 11 is 9.72. The second-order valence-electron chi connectivity index (χ2n) is 3.34. The van der Waals surface area contributed by atoms with Gasteiger partial charge in [0.1, 0.15) is 0 Å². The minimum absolute atomic E-state index is 1.20. The molecule has 0 saturated heterocycles. The van der Waals surface area contributed by atoms with Gasteiger partial charge < -0.3 is 0 Å². The van der Waals surface area contributed by atoms with Crippen LogP contribution < -0.4 is 0 Å². The third-order valence-electron chi connectivity index (χ3n) is 2.36. The topological polar surface area (TPSA) is 0 Å². The van der Waals surface area contributed by atoms with Crippen LogP contribution in [-0.4, -0.2) is 0 Å². The average molecular weight is 421 g/mol. The molecule has 0 aliphatic carbocycles. The van der Waals surface area contributed by atoms with Gasteiger partial charge in [-0.25, -0.2) is 0 Å². The Morgan fingerprint density at radius 3 is 2.56 bits per heavy atom. The van der Waals surface area contributed by atoms with Crippen molar-refractivity contribution in [3.63, 3.8) is 0 Å². The van der Waals surface area contributed by atoms with E-state index in [1.807, 2.05) is 11.3 Å². The van der Waals surface area contributed by atoms with Crippen LogP contribution in [0.3, 0.4) is 0 Å². The third-order valence-corrected chi connectivity index (χ3v) is 7.02. The molecular formula is C12H6BrIS2. The SMILES string of the molecule is Brc1ccsc1-c1sc2ccccc2c1I. The first-order valence-electron chi connectivity index (χ1n) is 4.68. The minimum Gasteiger partial charge on any atom is -0.142 e. The van der Waals surface area contributed by atoms with Crippen LogP contribution in [-0.2, 0) is 0 Å². The van der Waals surface area contributed by atoms with Crippen molar-refractivity contribution in [1.82, 2.24) is 0 Å². The molecule has 0 unspecified atom stereocenters. The maximum Gasteiger partial charge on any atom is 0.0600 e. The van der Waals surface area contributed by atoms with E-state index in [1.54, 1.807) is 11.3 Å². The van der Waals surface area contributed by atoms with E-state index in [0.717, 1.165) is 0 Å². The first-order chi connectivity index (χ1) is 7.77. The van der Waals surface area contributed by atoms with Gasteiger partial charge in [0.05, 0.1) is 9.75 Å². The zero-order chi connectivity index (χ0) is 11.1. The van der Waals surface area contributed by atoms with Gasteiger partial charge in [0, 0.05) is 18.1 Å². The van der Waals surface area contributed by atoms with Crippen molar-refractivity contribution in [1.29, 1.82) is 0 Å². The normalized spacial score (nSPS) is 11.1. The van der Waals surface area contributed by atoms with Crippen molar-refractivity contribution in [3.8, 4) is 9.75 Å². The van der Waals surface area contributed by atoms with E-state index in [0.29, 0.717) is 0 Å². The fourth-order valence-corrected chi connectivity index (χ4v) is 6.02. The number of fused-ring (bicyclic) bond motifs is 1. The van der Waals surface area contributed by atoms with Crippen LogP contribution in [0.4, 0.5) is 0 Å². The van der Waals surface area contributed by atoms with E-state index in [2.05, 4.69) is 74.2 Å². The van der Waals surface area contributed by atoms with Crippen molar-refractivity contribution in [2.75, 3.05) is 0 Å². The van der Waals surface area contributed by atoms with Gasteiger partial charge in [0.25, 0.3) is 0 Å². The summed E-state index contributed by atoms with van der Waals surface area (Å²) in [6.45, 7) is 0. The van der Waals surface area contributed by atoms with Gasteiger partial charge in [0.15, 0.2) is 0 Å². The highest BCUT2D eigenvalue weighted by Crippen LogP contribution is 2.44. The molecule has 0 fully saturated rings. The molecule has 3 aromatic rings. The molecule has 0 bridgehead atoms. The summed E-state index contributed by atoms with van der Waals surface area (Å²) in [6, 6.07) is 10.7. The van der Waals surface area contributed by atoms with Crippen LogP contribution in [0.25, 0.3) is 19.8 Å². The largest absolute Gasteiger partial charge is 0.142 e. The highest BCUT2D eigenvalue weighted by Gasteiger charge is 2.14. The number of hydrogen-bond acceptors (Lipinski definition) is 2. The molecule has 1 aromatic carbocycles. The molecule has 0 amide bonds. The van der Waals surface area contributed by atoms with Crippen molar-refractivity contribution in [2.45, 2.75) is 0 Å². The summed E-state index contributed by atoms with van der Waals surface area (Å²) in [6.07, 6.45) is 0. The van der Waals surface area contributed by atoms with Crippen LogP contribution in [0.5, 0.6) is 0 Å². The molecule has 0 N–H and O–H groups in total. The fourth-order valence-electron chi connectivity index (χ4n) is 1.62. The first kappa shape index (κ1) is 11.2. The molecule has 2 aromatic heterocycles. The molecule has 0 saturated carbocycles. The van der Waals surface area contributed by atoms with Gasteiger partial charge in [-0.3, -0.25) is 0 Å². The smallest absolute Gasteiger partial charge is 0.0600 e. The van der Waals surface area contributed by atoms with Gasteiger partial charge in [-0.2, -0.15) is 0 Å². The maximum absolute atomic E-state index is 3.61. The molecule has 0 spiro atoms. The molecule has 4 heteroatoms. The Bertz CT molecular complexity index is 654. The number of halogens is 2. The number of rotatable bonds is 1. The van der Waals surface area contributed by atoms with Gasteiger partial charge in [0.2, 0.25) is 0 Å². The molecule has 3 rings (SSSR count). The van der Waals surface area contributed by atoms with E-state index in [-0.39, 0.29) is 0 Å². The molecule has 80 valence electrons. The second kappa shape index (κ2) is 4.40. The van der Waals surface area contributed by atoms with E-state index < -0.39 is 0 Å². The van der Waals surface area contributed by atoms with Crippen LogP contribution in [0, 0.1) is 3.57 Å². The monoisotopic (exact) mass is 420 g/mol. The zero-order valence-electron chi connectivity index (χ0n) is 8.04. The number of thiophene rings is 2. The van der Waals surface area contributed by atoms with Gasteiger partial charge in [-0.15, -0.1) is 22.7 Å². The highest BCUT2D eigenvalue weighted by atomic mass is 127. The standard InChI is InChI=1S/C12H6BrIS2/c13-8-5-6-15-11(8)12-10(14)7-3-1-2-4-9(7)16-12/h1-6H. The maximum atomic E-state index is 3.61. The molecule has 2 heterocycles. The molecule has 16 heavy (non-hydrogen) atoms. The average Bonchev–Trinajstić information content (AvgIpc) is 2.84. The summed E-state index contributed by atoms with van der Waals surface area (Å²) in [5.74, 6) is 0. The lowest BCUT2D eigenvalue weighted by atomic mass is 10.2. The molecule has 0 radical (unpaired) electrons. The van der Waals surface area contributed by atoms with Crippen LogP contribution in [0.15, 0.2) is 40.2 Å². The van der Waals surface area contributed by atoms with Crippen LogP contribution in [0.2, 0.25) is 0 Å². The molecule has 0 atom stereocenters. The summed E-state index contributed by atoms with van der Waals surface area (Å²) in [5.41, 5.74) is 0. The Hall–Kier alpha value is 0.0900. The second-order valence-corrected chi connectivity index (χ2v) is 7.24. The lowest BCUT2D eigenvalue weighted by Gasteiger charge is -1.94. The molecule has 0 aliphatic heterocycles. The minimum atomic E-state index is 1.20. The van der Waals surface area contributed by atoms with Crippen molar-refractivity contribution in [2.24, 2.45) is 0 Å². The zero-order valence-corrected chi connectivity index (χ0v) is 13.4. The Kier molecular flexibility index (Phi) is 3.08. The fraction of sp³-hybridized carbons (Fsp3) is 0. The van der Waals surface area contributed by atoms with Crippen molar-refractivity contribution in [3.05, 3.63) is 43.8 Å². The number of benzene rings is 1. The Labute approximate surface area is 124 Å². The predicted octanol–water partition coefficient (Wildman–Crippen LogP) is 6.00.